The minimum absolute atomic E-state index is 0.162. The molecule has 1 aromatic carbocycles. The maximum absolute atomic E-state index is 12.4. The largest absolute Gasteiger partial charge is 0.306 e. The summed E-state index contributed by atoms with van der Waals surface area (Å²) >= 11 is 0. The van der Waals surface area contributed by atoms with Crippen LogP contribution in [0.25, 0.3) is 0 Å². The molecule has 1 aromatic rings. The van der Waals surface area contributed by atoms with E-state index < -0.39 is 16.0 Å². The van der Waals surface area contributed by atoms with Crippen LogP contribution in [-0.4, -0.2) is 14.7 Å². The third kappa shape index (κ3) is 3.52. The summed E-state index contributed by atoms with van der Waals surface area (Å²) in [7, 11) is -4.61. The Morgan fingerprint density at radius 2 is 2.07 bits per heavy atom. The van der Waals surface area contributed by atoms with Crippen molar-refractivity contribution < 1.29 is 17.1 Å². The zero-order valence-electron chi connectivity index (χ0n) is 7.60. The van der Waals surface area contributed by atoms with E-state index in [1.807, 2.05) is 0 Å². The number of carbonyl (C=O) groups excluding carboxylic acids is 1. The second-order valence-electron chi connectivity index (χ2n) is 2.91. The lowest BCUT2D eigenvalue weighted by Crippen LogP contribution is -1.98. The summed E-state index contributed by atoms with van der Waals surface area (Å²) in [5, 5.41) is 0. The Labute approximate surface area is 87.1 Å². The van der Waals surface area contributed by atoms with Crippen molar-refractivity contribution in [3.63, 3.8) is 0 Å². The predicted octanol–water partition coefficient (Wildman–Crippen LogP) is 1.28. The van der Waals surface area contributed by atoms with E-state index >= 15 is 0 Å². The Balaban J connectivity index is 3.20. The van der Waals surface area contributed by atoms with E-state index in [-0.39, 0.29) is 11.1 Å². The van der Waals surface area contributed by atoms with Gasteiger partial charge in [-0.2, -0.15) is 8.42 Å². The molecule has 0 bridgehead atoms. The predicted molar refractivity (Wildman–Crippen MR) is 53.5 cm³/mol. The third-order valence-corrected chi connectivity index (χ3v) is 2.34. The molecule has 0 radical (unpaired) electrons. The van der Waals surface area contributed by atoms with Gasteiger partial charge in [-0.15, -0.1) is 10.3 Å². The fraction of sp³-hybridized carbons (Fsp3) is 0.100. The minimum Gasteiger partial charge on any atom is -0.298 e. The van der Waals surface area contributed by atoms with Crippen LogP contribution in [0.15, 0.2) is 18.2 Å². The second kappa shape index (κ2) is 4.24. The molecule has 0 unspecified atom stereocenters. The van der Waals surface area contributed by atoms with Crippen LogP contribution in [0.5, 0.6) is 0 Å². The molecule has 0 heterocycles. The highest BCUT2D eigenvalue weighted by molar-refractivity contribution is 7.85. The van der Waals surface area contributed by atoms with Crippen molar-refractivity contribution in [3.05, 3.63) is 34.9 Å². The Kier molecular flexibility index (Phi) is 3.22. The van der Waals surface area contributed by atoms with Crippen molar-refractivity contribution in [1.82, 2.24) is 0 Å². The molecule has 1 rings (SSSR count). The molecule has 15 heavy (non-hydrogen) atoms. The maximum Gasteiger partial charge on any atom is 0.306 e. The number of terminal acetylenes is 1. The summed E-state index contributed by atoms with van der Waals surface area (Å²) in [5.41, 5.74) is 0.734. The van der Waals surface area contributed by atoms with Crippen LogP contribution in [0.3, 0.4) is 0 Å². The molecule has 78 valence electrons. The quantitative estimate of drug-likeness (QED) is 0.443. The SMILES string of the molecule is C#Cc1cc(C=O)cc(CS(=O)(=O)F)c1. The number of carbonyl (C=O) groups is 1. The monoisotopic (exact) mass is 226 g/mol. The number of rotatable bonds is 3. The van der Waals surface area contributed by atoms with E-state index in [1.165, 1.54) is 18.2 Å². The lowest BCUT2D eigenvalue weighted by atomic mass is 10.1. The van der Waals surface area contributed by atoms with Crippen molar-refractivity contribution in [1.29, 1.82) is 0 Å². The molecule has 0 N–H and O–H groups in total. The Hall–Kier alpha value is -1.67. The highest BCUT2D eigenvalue weighted by Crippen LogP contribution is 2.12. The van der Waals surface area contributed by atoms with Crippen molar-refractivity contribution in [2.75, 3.05) is 0 Å². The van der Waals surface area contributed by atoms with Crippen LogP contribution in [0.4, 0.5) is 3.89 Å². The molecule has 0 spiro atoms. The van der Waals surface area contributed by atoms with Gasteiger partial charge in [0.1, 0.15) is 12.0 Å². The van der Waals surface area contributed by atoms with Crippen LogP contribution in [-0.2, 0) is 16.0 Å². The van der Waals surface area contributed by atoms with Gasteiger partial charge in [0.15, 0.2) is 0 Å². The van der Waals surface area contributed by atoms with Crippen molar-refractivity contribution in [2.45, 2.75) is 5.75 Å². The highest BCUT2D eigenvalue weighted by atomic mass is 32.3. The summed E-state index contributed by atoms with van der Waals surface area (Å²) in [6.45, 7) is 0. The van der Waals surface area contributed by atoms with E-state index in [0.717, 1.165) is 0 Å². The average Bonchev–Trinajstić information content (AvgIpc) is 2.14. The summed E-state index contributed by atoms with van der Waals surface area (Å²) in [4.78, 5) is 10.5. The molecule has 0 saturated carbocycles. The molecule has 0 aromatic heterocycles. The average molecular weight is 226 g/mol. The first-order chi connectivity index (χ1) is 6.94. The standard InChI is InChI=1S/C10H7FO3S/c1-2-8-3-9(6-12)5-10(4-8)7-15(11,13)14/h1,3-6H,7H2. The number of halogens is 1. The lowest BCUT2D eigenvalue weighted by Gasteiger charge is -2.00. The lowest BCUT2D eigenvalue weighted by molar-refractivity contribution is 0.112. The van der Waals surface area contributed by atoms with Gasteiger partial charge in [-0.1, -0.05) is 5.92 Å². The van der Waals surface area contributed by atoms with Crippen LogP contribution < -0.4 is 0 Å². The van der Waals surface area contributed by atoms with Crippen LogP contribution in [0.1, 0.15) is 21.5 Å². The molecule has 3 nitrogen and oxygen atoms in total. The minimum atomic E-state index is -4.61. The van der Waals surface area contributed by atoms with Crippen molar-refractivity contribution >= 4 is 16.5 Å². The molecule has 0 aliphatic heterocycles. The summed E-state index contributed by atoms with van der Waals surface area (Å²) in [6, 6.07) is 4.05. The molecule has 0 amide bonds. The topological polar surface area (TPSA) is 51.2 Å². The first-order valence-electron chi connectivity index (χ1n) is 3.92. The molecule has 0 saturated heterocycles. The molecule has 5 heteroatoms. The Bertz CT molecular complexity index is 526. The maximum atomic E-state index is 12.4. The van der Waals surface area contributed by atoms with Crippen LogP contribution >= 0.6 is 0 Å². The summed E-state index contributed by atoms with van der Waals surface area (Å²) in [5.74, 6) is 1.48. The zero-order valence-corrected chi connectivity index (χ0v) is 8.42. The van der Waals surface area contributed by atoms with Gasteiger partial charge in [-0.25, -0.2) is 0 Å². The number of benzene rings is 1. The molecule has 0 aliphatic carbocycles. The van der Waals surface area contributed by atoms with E-state index in [9.17, 15) is 17.1 Å². The van der Waals surface area contributed by atoms with Gasteiger partial charge < -0.3 is 0 Å². The van der Waals surface area contributed by atoms with Crippen molar-refractivity contribution in [3.8, 4) is 12.3 Å². The van der Waals surface area contributed by atoms with Gasteiger partial charge in [-0.05, 0) is 23.8 Å². The Morgan fingerprint density at radius 3 is 2.53 bits per heavy atom. The van der Waals surface area contributed by atoms with Gasteiger partial charge in [0, 0.05) is 11.1 Å². The number of hydrogen-bond acceptors (Lipinski definition) is 3. The highest BCUT2D eigenvalue weighted by Gasteiger charge is 2.10. The smallest absolute Gasteiger partial charge is 0.298 e. The summed E-state index contributed by atoms with van der Waals surface area (Å²) < 4.78 is 33.2. The third-order valence-electron chi connectivity index (χ3n) is 1.66. The molecule has 0 aliphatic rings. The Morgan fingerprint density at radius 1 is 1.40 bits per heavy atom. The number of hydrogen-bond donors (Lipinski definition) is 0. The summed E-state index contributed by atoms with van der Waals surface area (Å²) in [6.07, 6.45) is 5.62. The molecule has 0 fully saturated rings. The zero-order chi connectivity index (χ0) is 11.5. The fourth-order valence-corrected chi connectivity index (χ4v) is 1.72. The van der Waals surface area contributed by atoms with E-state index in [4.69, 9.17) is 6.42 Å². The van der Waals surface area contributed by atoms with Gasteiger partial charge in [0.2, 0.25) is 0 Å². The molecule has 0 atom stereocenters. The fourth-order valence-electron chi connectivity index (χ4n) is 1.15. The normalized spacial score (nSPS) is 10.7. The number of aldehydes is 1. The van der Waals surface area contributed by atoms with Crippen molar-refractivity contribution in [2.24, 2.45) is 0 Å². The van der Waals surface area contributed by atoms with E-state index in [1.54, 1.807) is 0 Å². The van der Waals surface area contributed by atoms with Gasteiger partial charge in [0.25, 0.3) is 0 Å². The van der Waals surface area contributed by atoms with Gasteiger partial charge in [-0.3, -0.25) is 4.79 Å². The second-order valence-corrected chi connectivity index (χ2v) is 4.27. The van der Waals surface area contributed by atoms with Gasteiger partial charge in [0.05, 0.1) is 0 Å². The first-order valence-corrected chi connectivity index (χ1v) is 5.48. The van der Waals surface area contributed by atoms with E-state index in [2.05, 4.69) is 5.92 Å². The van der Waals surface area contributed by atoms with Crippen LogP contribution in [0, 0.1) is 12.3 Å². The molecular weight excluding hydrogens is 219 g/mol. The van der Waals surface area contributed by atoms with Crippen LogP contribution in [0.2, 0.25) is 0 Å². The van der Waals surface area contributed by atoms with E-state index in [0.29, 0.717) is 11.8 Å². The first kappa shape index (κ1) is 11.4. The van der Waals surface area contributed by atoms with Gasteiger partial charge >= 0.3 is 10.2 Å². The molecular formula is C10H7FO3S.